The summed E-state index contributed by atoms with van der Waals surface area (Å²) < 4.78 is 1.56. The van der Waals surface area contributed by atoms with Gasteiger partial charge in [-0.1, -0.05) is 0 Å². The van der Waals surface area contributed by atoms with Gasteiger partial charge in [-0.25, -0.2) is 9.50 Å². The van der Waals surface area contributed by atoms with Crippen LogP contribution in [-0.2, 0) is 6.54 Å². The molecule has 1 N–H and O–H groups in total. The molecule has 0 spiro atoms. The highest BCUT2D eigenvalue weighted by Gasteiger charge is 2.15. The van der Waals surface area contributed by atoms with Crippen LogP contribution in [0.5, 0.6) is 0 Å². The zero-order valence-electron chi connectivity index (χ0n) is 14.9. The van der Waals surface area contributed by atoms with Crippen LogP contribution in [0.1, 0.15) is 27.6 Å². The van der Waals surface area contributed by atoms with Crippen molar-refractivity contribution in [2.45, 2.75) is 20.4 Å². The van der Waals surface area contributed by atoms with Gasteiger partial charge in [0.25, 0.3) is 11.7 Å². The number of carbonyl (C=O) groups excluding carboxylic acids is 1. The van der Waals surface area contributed by atoms with Crippen LogP contribution in [-0.4, -0.2) is 35.5 Å². The van der Waals surface area contributed by atoms with Crippen LogP contribution in [0.3, 0.4) is 0 Å². The van der Waals surface area contributed by atoms with E-state index in [1.54, 1.807) is 23.1 Å². The number of aromatic nitrogens is 6. The number of aryl methyl sites for hydroxylation is 2. The molecule has 4 aromatic heterocycles. The van der Waals surface area contributed by atoms with E-state index in [0.29, 0.717) is 12.3 Å². The van der Waals surface area contributed by atoms with E-state index in [9.17, 15) is 4.79 Å². The second-order valence-electron chi connectivity index (χ2n) is 6.16. The maximum atomic E-state index is 12.4. The van der Waals surface area contributed by atoms with Gasteiger partial charge in [-0.05, 0) is 49.7 Å². The maximum absolute atomic E-state index is 12.4. The van der Waals surface area contributed by atoms with Crippen molar-refractivity contribution in [1.82, 2.24) is 34.9 Å². The van der Waals surface area contributed by atoms with Gasteiger partial charge in [0, 0.05) is 42.1 Å². The molecular formula is C19H17N7O. The fourth-order valence-corrected chi connectivity index (χ4v) is 2.78. The Hall–Kier alpha value is -3.68. The van der Waals surface area contributed by atoms with Crippen LogP contribution in [0, 0.1) is 13.8 Å². The number of fused-ring (bicyclic) bond motifs is 1. The second kappa shape index (κ2) is 6.91. The average molecular weight is 359 g/mol. The van der Waals surface area contributed by atoms with Crippen molar-refractivity contribution in [2.75, 3.05) is 0 Å². The largest absolute Gasteiger partial charge is 0.345 e. The number of hydrogen-bond acceptors (Lipinski definition) is 6. The Morgan fingerprint density at radius 2 is 2.04 bits per heavy atom. The first-order valence-electron chi connectivity index (χ1n) is 8.45. The Labute approximate surface area is 155 Å². The summed E-state index contributed by atoms with van der Waals surface area (Å²) in [7, 11) is 0. The summed E-state index contributed by atoms with van der Waals surface area (Å²) in [6.07, 6.45) is 5.18. The average Bonchev–Trinajstić information content (AvgIpc) is 3.11. The molecule has 0 atom stereocenters. The number of nitrogens with one attached hydrogen (secondary N) is 1. The number of carbonyl (C=O) groups is 1. The van der Waals surface area contributed by atoms with Crippen LogP contribution < -0.4 is 5.32 Å². The molecule has 0 aliphatic rings. The van der Waals surface area contributed by atoms with E-state index >= 15 is 0 Å². The molecule has 4 aromatic rings. The van der Waals surface area contributed by atoms with Gasteiger partial charge in [0.1, 0.15) is 0 Å². The summed E-state index contributed by atoms with van der Waals surface area (Å²) >= 11 is 0. The van der Waals surface area contributed by atoms with E-state index in [2.05, 4.69) is 30.4 Å². The van der Waals surface area contributed by atoms with Gasteiger partial charge in [-0.3, -0.25) is 14.8 Å². The van der Waals surface area contributed by atoms with Crippen LogP contribution in [0.4, 0.5) is 0 Å². The predicted octanol–water partition coefficient (Wildman–Crippen LogP) is 2.13. The highest BCUT2D eigenvalue weighted by atomic mass is 16.2. The summed E-state index contributed by atoms with van der Waals surface area (Å²) in [5.74, 6) is 0.162. The minimum atomic E-state index is -0.350. The first kappa shape index (κ1) is 16.8. The first-order valence-corrected chi connectivity index (χ1v) is 8.45. The molecule has 8 nitrogen and oxygen atoms in total. The van der Waals surface area contributed by atoms with Crippen molar-refractivity contribution in [3.63, 3.8) is 0 Å². The third-order valence-corrected chi connectivity index (χ3v) is 4.06. The molecule has 0 aromatic carbocycles. The Morgan fingerprint density at radius 3 is 2.85 bits per heavy atom. The lowest BCUT2D eigenvalue weighted by Crippen LogP contribution is -2.24. The first-order chi connectivity index (χ1) is 13.1. The molecule has 0 fully saturated rings. The Balaban J connectivity index is 1.51. The lowest BCUT2D eigenvalue weighted by atomic mass is 10.1. The highest BCUT2D eigenvalue weighted by Crippen LogP contribution is 2.16. The van der Waals surface area contributed by atoms with Gasteiger partial charge >= 0.3 is 0 Å². The Kier molecular flexibility index (Phi) is 4.29. The van der Waals surface area contributed by atoms with Gasteiger partial charge in [-0.2, -0.15) is 4.98 Å². The second-order valence-corrected chi connectivity index (χ2v) is 6.16. The third kappa shape index (κ3) is 3.50. The molecule has 0 bridgehead atoms. The SMILES string of the molecule is Cc1cc(C)n2nc(C(=O)NCc3ccnc(-c4cccnc4)c3)nc2n1. The zero-order valence-corrected chi connectivity index (χ0v) is 14.9. The van der Waals surface area contributed by atoms with E-state index in [1.165, 1.54) is 0 Å². The van der Waals surface area contributed by atoms with Crippen molar-refractivity contribution in [3.8, 4) is 11.3 Å². The molecule has 0 saturated carbocycles. The minimum absolute atomic E-state index is 0.0951. The lowest BCUT2D eigenvalue weighted by Gasteiger charge is -2.05. The fraction of sp³-hybridized carbons (Fsp3) is 0.158. The quantitative estimate of drug-likeness (QED) is 0.599. The van der Waals surface area contributed by atoms with Crippen molar-refractivity contribution in [3.05, 3.63) is 71.7 Å². The molecule has 8 heteroatoms. The van der Waals surface area contributed by atoms with Crippen LogP contribution in [0.25, 0.3) is 17.0 Å². The van der Waals surface area contributed by atoms with Crippen molar-refractivity contribution >= 4 is 11.7 Å². The van der Waals surface area contributed by atoms with E-state index in [-0.39, 0.29) is 11.7 Å². The summed E-state index contributed by atoms with van der Waals surface area (Å²) in [5.41, 5.74) is 4.35. The van der Waals surface area contributed by atoms with E-state index < -0.39 is 0 Å². The molecule has 0 radical (unpaired) electrons. The molecule has 1 amide bonds. The number of pyridine rings is 2. The van der Waals surface area contributed by atoms with E-state index in [0.717, 1.165) is 28.2 Å². The predicted molar refractivity (Wildman–Crippen MR) is 98.9 cm³/mol. The van der Waals surface area contributed by atoms with E-state index in [4.69, 9.17) is 0 Å². The molecule has 134 valence electrons. The summed E-state index contributed by atoms with van der Waals surface area (Å²) in [5, 5.41) is 7.08. The summed E-state index contributed by atoms with van der Waals surface area (Å²) in [6.45, 7) is 4.12. The molecule has 0 unspecified atom stereocenters. The van der Waals surface area contributed by atoms with E-state index in [1.807, 2.05) is 44.2 Å². The number of hydrogen-bond donors (Lipinski definition) is 1. The molecule has 4 heterocycles. The third-order valence-electron chi connectivity index (χ3n) is 4.06. The van der Waals surface area contributed by atoms with Gasteiger partial charge in [0.05, 0.1) is 5.69 Å². The smallest absolute Gasteiger partial charge is 0.291 e. The lowest BCUT2D eigenvalue weighted by molar-refractivity contribution is 0.0940. The van der Waals surface area contributed by atoms with Crippen LogP contribution in [0.2, 0.25) is 0 Å². The molecule has 27 heavy (non-hydrogen) atoms. The maximum Gasteiger partial charge on any atom is 0.291 e. The highest BCUT2D eigenvalue weighted by molar-refractivity contribution is 5.90. The molecule has 0 saturated heterocycles. The van der Waals surface area contributed by atoms with Crippen molar-refractivity contribution in [1.29, 1.82) is 0 Å². The monoisotopic (exact) mass is 359 g/mol. The molecular weight excluding hydrogens is 342 g/mol. The van der Waals surface area contributed by atoms with Gasteiger partial charge in [0.15, 0.2) is 0 Å². The Bertz CT molecular complexity index is 1120. The standard InChI is InChI=1S/C19H17N7O/c1-12-8-13(2)26-19(23-12)24-17(25-26)18(27)22-10-14-5-7-21-16(9-14)15-4-3-6-20-11-15/h3-9,11H,10H2,1-2H3,(H,22,27). The fourth-order valence-electron chi connectivity index (χ4n) is 2.78. The summed E-state index contributed by atoms with van der Waals surface area (Å²) in [6, 6.07) is 9.46. The summed E-state index contributed by atoms with van der Waals surface area (Å²) in [4.78, 5) is 29.4. The van der Waals surface area contributed by atoms with Gasteiger partial charge in [0.2, 0.25) is 5.82 Å². The Morgan fingerprint density at radius 1 is 1.15 bits per heavy atom. The number of nitrogens with zero attached hydrogens (tertiary/aromatic N) is 6. The van der Waals surface area contributed by atoms with Crippen LogP contribution >= 0.6 is 0 Å². The normalized spacial score (nSPS) is 10.9. The minimum Gasteiger partial charge on any atom is -0.345 e. The number of amides is 1. The van der Waals surface area contributed by atoms with Crippen LogP contribution in [0.15, 0.2) is 48.9 Å². The van der Waals surface area contributed by atoms with Gasteiger partial charge in [-0.15, -0.1) is 5.10 Å². The van der Waals surface area contributed by atoms with Gasteiger partial charge < -0.3 is 5.32 Å². The molecule has 0 aliphatic carbocycles. The zero-order chi connectivity index (χ0) is 18.8. The van der Waals surface area contributed by atoms with Crippen molar-refractivity contribution in [2.24, 2.45) is 0 Å². The van der Waals surface area contributed by atoms with Crippen molar-refractivity contribution < 1.29 is 4.79 Å². The molecule has 4 rings (SSSR count). The topological polar surface area (TPSA) is 98.0 Å². The molecule has 0 aliphatic heterocycles. The number of rotatable bonds is 4.